The van der Waals surface area contributed by atoms with E-state index >= 15 is 0 Å². The SMILES string of the molecule is CC[C@@H](CC(C)C)Oc1cc(C)cc(F)c1. The number of ether oxygens (including phenoxy) is 1. The van der Waals surface area contributed by atoms with E-state index in [0.717, 1.165) is 18.4 Å². The van der Waals surface area contributed by atoms with Gasteiger partial charge >= 0.3 is 0 Å². The molecule has 1 nitrogen and oxygen atoms in total. The molecule has 1 rings (SSSR count). The number of hydrogen-bond donors (Lipinski definition) is 0. The maximum atomic E-state index is 13.2. The molecule has 0 saturated carbocycles. The highest BCUT2D eigenvalue weighted by Gasteiger charge is 2.11. The maximum absolute atomic E-state index is 13.2. The fraction of sp³-hybridized carbons (Fsp3) is 0.571. The molecule has 0 aliphatic heterocycles. The summed E-state index contributed by atoms with van der Waals surface area (Å²) >= 11 is 0. The van der Waals surface area contributed by atoms with Crippen molar-refractivity contribution in [2.24, 2.45) is 5.92 Å². The molecule has 0 aliphatic rings. The van der Waals surface area contributed by atoms with Crippen LogP contribution in [0.1, 0.15) is 39.2 Å². The molecule has 90 valence electrons. The molecule has 1 aromatic carbocycles. The molecular formula is C14H21FO. The van der Waals surface area contributed by atoms with Crippen molar-refractivity contribution >= 4 is 0 Å². The molecule has 1 aromatic rings. The van der Waals surface area contributed by atoms with E-state index in [1.807, 2.05) is 13.0 Å². The molecule has 0 spiro atoms. The van der Waals surface area contributed by atoms with Gasteiger partial charge in [0.05, 0.1) is 6.10 Å². The third-order valence-corrected chi connectivity index (χ3v) is 2.51. The number of hydrogen-bond acceptors (Lipinski definition) is 1. The summed E-state index contributed by atoms with van der Waals surface area (Å²) in [5.74, 6) is 1.01. The van der Waals surface area contributed by atoms with Gasteiger partial charge in [0.2, 0.25) is 0 Å². The van der Waals surface area contributed by atoms with Crippen LogP contribution in [-0.4, -0.2) is 6.10 Å². The minimum Gasteiger partial charge on any atom is -0.490 e. The van der Waals surface area contributed by atoms with E-state index in [1.54, 1.807) is 0 Å². The predicted octanol–water partition coefficient (Wildman–Crippen LogP) is 4.34. The lowest BCUT2D eigenvalue weighted by atomic mass is 10.0. The molecule has 0 bridgehead atoms. The largest absolute Gasteiger partial charge is 0.490 e. The lowest BCUT2D eigenvalue weighted by Gasteiger charge is -2.19. The summed E-state index contributed by atoms with van der Waals surface area (Å²) in [6, 6.07) is 4.85. The van der Waals surface area contributed by atoms with Crippen LogP contribution in [0, 0.1) is 18.7 Å². The van der Waals surface area contributed by atoms with Crippen molar-refractivity contribution in [3.8, 4) is 5.75 Å². The highest BCUT2D eigenvalue weighted by atomic mass is 19.1. The summed E-state index contributed by atoms with van der Waals surface area (Å²) in [4.78, 5) is 0. The smallest absolute Gasteiger partial charge is 0.127 e. The molecule has 1 atom stereocenters. The number of aryl methyl sites for hydroxylation is 1. The number of benzene rings is 1. The second-order valence-corrected chi connectivity index (χ2v) is 4.74. The van der Waals surface area contributed by atoms with E-state index in [9.17, 15) is 4.39 Å². The summed E-state index contributed by atoms with van der Waals surface area (Å²) in [6.45, 7) is 8.31. The topological polar surface area (TPSA) is 9.23 Å². The van der Waals surface area contributed by atoms with Crippen LogP contribution in [0.25, 0.3) is 0 Å². The molecule has 0 N–H and O–H groups in total. The van der Waals surface area contributed by atoms with E-state index < -0.39 is 0 Å². The molecule has 0 aromatic heterocycles. The zero-order chi connectivity index (χ0) is 12.1. The van der Waals surface area contributed by atoms with Crippen LogP contribution in [0.3, 0.4) is 0 Å². The van der Waals surface area contributed by atoms with Crippen LogP contribution in [0.2, 0.25) is 0 Å². The second-order valence-electron chi connectivity index (χ2n) is 4.74. The minimum atomic E-state index is -0.227. The fourth-order valence-corrected chi connectivity index (χ4v) is 1.79. The number of rotatable bonds is 5. The Morgan fingerprint density at radius 3 is 2.44 bits per heavy atom. The lowest BCUT2D eigenvalue weighted by molar-refractivity contribution is 0.169. The third kappa shape index (κ3) is 4.21. The summed E-state index contributed by atoms with van der Waals surface area (Å²) in [5.41, 5.74) is 0.898. The quantitative estimate of drug-likeness (QED) is 0.723. The van der Waals surface area contributed by atoms with Crippen molar-refractivity contribution in [1.29, 1.82) is 0 Å². The second kappa shape index (κ2) is 5.88. The van der Waals surface area contributed by atoms with Crippen LogP contribution in [0.4, 0.5) is 4.39 Å². The molecule has 0 amide bonds. The van der Waals surface area contributed by atoms with Gasteiger partial charge in [0.25, 0.3) is 0 Å². The monoisotopic (exact) mass is 224 g/mol. The zero-order valence-electron chi connectivity index (χ0n) is 10.6. The molecule has 2 heteroatoms. The Labute approximate surface area is 97.6 Å². The molecule has 0 saturated heterocycles. The van der Waals surface area contributed by atoms with E-state index in [-0.39, 0.29) is 11.9 Å². The van der Waals surface area contributed by atoms with Gasteiger partial charge in [-0.05, 0) is 43.4 Å². The van der Waals surface area contributed by atoms with Crippen LogP contribution in [0.5, 0.6) is 5.75 Å². The molecule has 0 unspecified atom stereocenters. The first-order valence-electron chi connectivity index (χ1n) is 5.95. The van der Waals surface area contributed by atoms with Crippen molar-refractivity contribution in [3.05, 3.63) is 29.6 Å². The highest BCUT2D eigenvalue weighted by Crippen LogP contribution is 2.20. The molecule has 0 heterocycles. The van der Waals surface area contributed by atoms with Crippen LogP contribution < -0.4 is 4.74 Å². The molecule has 0 aliphatic carbocycles. The fourth-order valence-electron chi connectivity index (χ4n) is 1.79. The van der Waals surface area contributed by atoms with E-state index in [4.69, 9.17) is 4.74 Å². The maximum Gasteiger partial charge on any atom is 0.127 e. The van der Waals surface area contributed by atoms with Crippen molar-refractivity contribution in [3.63, 3.8) is 0 Å². The van der Waals surface area contributed by atoms with Gasteiger partial charge < -0.3 is 4.74 Å². The third-order valence-electron chi connectivity index (χ3n) is 2.51. The Kier molecular flexibility index (Phi) is 4.78. The lowest BCUT2D eigenvalue weighted by Crippen LogP contribution is -2.17. The standard InChI is InChI=1S/C14H21FO/c1-5-13(6-10(2)3)16-14-8-11(4)7-12(15)9-14/h7-10,13H,5-6H2,1-4H3/t13-/m0/s1. The van der Waals surface area contributed by atoms with Crippen molar-refractivity contribution < 1.29 is 9.13 Å². The average Bonchev–Trinajstić information content (AvgIpc) is 2.14. The Bertz CT molecular complexity index is 313. The summed E-state index contributed by atoms with van der Waals surface area (Å²) < 4.78 is 19.0. The summed E-state index contributed by atoms with van der Waals surface area (Å²) in [6.07, 6.45) is 2.14. The van der Waals surface area contributed by atoms with Crippen LogP contribution in [0.15, 0.2) is 18.2 Å². The number of halogens is 1. The van der Waals surface area contributed by atoms with E-state index in [0.29, 0.717) is 11.7 Å². The average molecular weight is 224 g/mol. The van der Waals surface area contributed by atoms with Gasteiger partial charge in [-0.1, -0.05) is 20.8 Å². The Morgan fingerprint density at radius 1 is 1.25 bits per heavy atom. The van der Waals surface area contributed by atoms with Gasteiger partial charge in [-0.2, -0.15) is 0 Å². The zero-order valence-corrected chi connectivity index (χ0v) is 10.6. The van der Waals surface area contributed by atoms with E-state index in [1.165, 1.54) is 12.1 Å². The van der Waals surface area contributed by atoms with E-state index in [2.05, 4.69) is 20.8 Å². The summed E-state index contributed by atoms with van der Waals surface area (Å²) in [5, 5.41) is 0. The van der Waals surface area contributed by atoms with Gasteiger partial charge in [0.1, 0.15) is 11.6 Å². The predicted molar refractivity (Wildman–Crippen MR) is 65.3 cm³/mol. The first kappa shape index (κ1) is 13.0. The highest BCUT2D eigenvalue weighted by molar-refractivity contribution is 5.28. The Balaban J connectivity index is 2.69. The normalized spacial score (nSPS) is 12.9. The Morgan fingerprint density at radius 2 is 1.94 bits per heavy atom. The van der Waals surface area contributed by atoms with Gasteiger partial charge in [-0.25, -0.2) is 4.39 Å². The molecule has 0 radical (unpaired) electrons. The van der Waals surface area contributed by atoms with Gasteiger partial charge in [0, 0.05) is 6.07 Å². The van der Waals surface area contributed by atoms with Crippen molar-refractivity contribution in [2.45, 2.75) is 46.6 Å². The Hall–Kier alpha value is -1.05. The van der Waals surface area contributed by atoms with Crippen LogP contribution in [-0.2, 0) is 0 Å². The molecule has 0 fully saturated rings. The van der Waals surface area contributed by atoms with Gasteiger partial charge in [-0.15, -0.1) is 0 Å². The van der Waals surface area contributed by atoms with Crippen molar-refractivity contribution in [1.82, 2.24) is 0 Å². The minimum absolute atomic E-state index is 0.182. The molecular weight excluding hydrogens is 203 g/mol. The van der Waals surface area contributed by atoms with Gasteiger partial charge in [0.15, 0.2) is 0 Å². The first-order chi connectivity index (χ1) is 7.51. The van der Waals surface area contributed by atoms with Crippen LogP contribution >= 0.6 is 0 Å². The summed E-state index contributed by atoms with van der Waals surface area (Å²) in [7, 11) is 0. The first-order valence-corrected chi connectivity index (χ1v) is 5.95. The van der Waals surface area contributed by atoms with Gasteiger partial charge in [-0.3, -0.25) is 0 Å². The van der Waals surface area contributed by atoms with Crippen molar-refractivity contribution in [2.75, 3.05) is 0 Å². The molecule has 16 heavy (non-hydrogen) atoms.